The third-order valence-corrected chi connectivity index (χ3v) is 6.32. The molecule has 1 saturated heterocycles. The van der Waals surface area contributed by atoms with E-state index in [9.17, 15) is 14.4 Å². The molecule has 1 aliphatic heterocycles. The lowest BCUT2D eigenvalue weighted by Gasteiger charge is -2.39. The minimum atomic E-state index is -0.765. The van der Waals surface area contributed by atoms with Gasteiger partial charge in [0.05, 0.1) is 11.2 Å². The molecule has 0 aliphatic carbocycles. The summed E-state index contributed by atoms with van der Waals surface area (Å²) in [6.07, 6.45) is 1.37. The van der Waals surface area contributed by atoms with Crippen LogP contribution in [0.5, 0.6) is 0 Å². The Morgan fingerprint density at radius 2 is 1.77 bits per heavy atom. The molecule has 1 heterocycles. The molecule has 1 fully saturated rings. The molecule has 3 amide bonds. The number of halogens is 1. The van der Waals surface area contributed by atoms with E-state index in [0.29, 0.717) is 30.1 Å². The number of nitrogens with one attached hydrogen (secondary N) is 2. The predicted molar refractivity (Wildman–Crippen MR) is 118 cm³/mol. The van der Waals surface area contributed by atoms with E-state index < -0.39 is 5.41 Å². The molecule has 0 spiro atoms. The van der Waals surface area contributed by atoms with Crippen molar-refractivity contribution in [3.8, 4) is 0 Å². The predicted octanol–water partition coefficient (Wildman–Crippen LogP) is 3.52. The van der Waals surface area contributed by atoms with Crippen LogP contribution in [-0.4, -0.2) is 41.5 Å². The number of hydrogen-bond donors (Lipinski definition) is 2. The molecule has 2 N–H and O–H groups in total. The van der Waals surface area contributed by atoms with Gasteiger partial charge < -0.3 is 4.90 Å². The fraction of sp³-hybridized carbons (Fsp3) is 0.318. The van der Waals surface area contributed by atoms with Gasteiger partial charge in [0, 0.05) is 28.6 Å². The maximum atomic E-state index is 12.8. The number of amides is 3. The van der Waals surface area contributed by atoms with Gasteiger partial charge in [0.15, 0.2) is 0 Å². The zero-order valence-electron chi connectivity index (χ0n) is 16.7. The third kappa shape index (κ3) is 5.77. The van der Waals surface area contributed by atoms with Crippen molar-refractivity contribution in [1.29, 1.82) is 0 Å². The van der Waals surface area contributed by atoms with Crippen molar-refractivity contribution in [1.82, 2.24) is 15.8 Å². The van der Waals surface area contributed by atoms with Gasteiger partial charge in [0.25, 0.3) is 5.91 Å². The third-order valence-electron chi connectivity index (χ3n) is 5.05. The lowest BCUT2D eigenvalue weighted by Crippen LogP contribution is -2.55. The van der Waals surface area contributed by atoms with Crippen molar-refractivity contribution in [3.05, 3.63) is 65.2 Å². The molecule has 0 bridgehead atoms. The first-order valence-corrected chi connectivity index (χ1v) is 11.1. The van der Waals surface area contributed by atoms with Crippen molar-refractivity contribution in [3.63, 3.8) is 0 Å². The molecule has 0 radical (unpaired) electrons. The summed E-state index contributed by atoms with van der Waals surface area (Å²) in [7, 11) is 0. The van der Waals surface area contributed by atoms with Crippen LogP contribution < -0.4 is 10.9 Å². The summed E-state index contributed by atoms with van der Waals surface area (Å²) >= 11 is 7.20. The topological polar surface area (TPSA) is 78.5 Å². The smallest absolute Gasteiger partial charge is 0.253 e. The Hall–Kier alpha value is -2.51. The van der Waals surface area contributed by atoms with Crippen LogP contribution in [0.3, 0.4) is 0 Å². The van der Waals surface area contributed by atoms with Gasteiger partial charge in [0.1, 0.15) is 0 Å². The van der Waals surface area contributed by atoms with Gasteiger partial charge in [-0.2, -0.15) is 0 Å². The molecule has 3 rings (SSSR count). The number of thioether (sulfide) groups is 1. The van der Waals surface area contributed by atoms with Gasteiger partial charge >= 0.3 is 0 Å². The molecule has 0 aromatic heterocycles. The minimum Gasteiger partial charge on any atom is -0.338 e. The molecular weight excluding hydrogens is 422 g/mol. The lowest BCUT2D eigenvalue weighted by molar-refractivity contribution is -0.136. The van der Waals surface area contributed by atoms with Crippen molar-refractivity contribution in [2.45, 2.75) is 24.7 Å². The zero-order chi connectivity index (χ0) is 21.6. The SMILES string of the molecule is CC1(C(=O)NNC(=O)CSc2ccc(Cl)cc2)CCCN(C(=O)c2ccccc2)C1. The number of piperidine rings is 1. The quantitative estimate of drug-likeness (QED) is 0.545. The summed E-state index contributed by atoms with van der Waals surface area (Å²) in [6, 6.07) is 16.2. The summed E-state index contributed by atoms with van der Waals surface area (Å²) < 4.78 is 0. The number of hydrogen-bond acceptors (Lipinski definition) is 4. The van der Waals surface area contributed by atoms with E-state index in [0.717, 1.165) is 11.3 Å². The maximum absolute atomic E-state index is 12.8. The monoisotopic (exact) mass is 445 g/mol. The molecule has 2 aromatic rings. The second-order valence-corrected chi connectivity index (χ2v) is 8.99. The molecule has 2 aromatic carbocycles. The molecule has 0 saturated carbocycles. The van der Waals surface area contributed by atoms with Crippen molar-refractivity contribution >= 4 is 41.1 Å². The summed E-state index contributed by atoms with van der Waals surface area (Å²) in [6.45, 7) is 2.74. The van der Waals surface area contributed by atoms with Crippen molar-refractivity contribution in [2.75, 3.05) is 18.8 Å². The van der Waals surface area contributed by atoms with Gasteiger partial charge in [-0.25, -0.2) is 0 Å². The molecule has 8 heteroatoms. The van der Waals surface area contributed by atoms with Gasteiger partial charge in [-0.1, -0.05) is 29.8 Å². The highest BCUT2D eigenvalue weighted by Gasteiger charge is 2.39. The van der Waals surface area contributed by atoms with E-state index >= 15 is 0 Å². The van der Waals surface area contributed by atoms with Crippen LogP contribution >= 0.6 is 23.4 Å². The van der Waals surface area contributed by atoms with E-state index in [2.05, 4.69) is 10.9 Å². The highest BCUT2D eigenvalue weighted by molar-refractivity contribution is 8.00. The number of nitrogens with zero attached hydrogens (tertiary/aromatic N) is 1. The average Bonchev–Trinajstić information content (AvgIpc) is 2.77. The summed E-state index contributed by atoms with van der Waals surface area (Å²) in [5.74, 6) is -0.521. The van der Waals surface area contributed by atoms with Crippen LogP contribution in [0.4, 0.5) is 0 Å². The average molecular weight is 446 g/mol. The molecule has 6 nitrogen and oxygen atoms in total. The molecule has 1 unspecified atom stereocenters. The van der Waals surface area contributed by atoms with E-state index in [1.54, 1.807) is 29.2 Å². The fourth-order valence-electron chi connectivity index (χ4n) is 3.35. The first kappa shape index (κ1) is 22.2. The lowest BCUT2D eigenvalue weighted by atomic mass is 9.81. The zero-order valence-corrected chi connectivity index (χ0v) is 18.3. The van der Waals surface area contributed by atoms with E-state index in [-0.39, 0.29) is 23.5 Å². The molecular formula is C22H24ClN3O3S. The summed E-state index contributed by atoms with van der Waals surface area (Å²) in [4.78, 5) is 40.2. The van der Waals surface area contributed by atoms with Crippen LogP contribution in [0.2, 0.25) is 5.02 Å². The number of rotatable bonds is 5. The first-order chi connectivity index (χ1) is 14.4. The highest BCUT2D eigenvalue weighted by atomic mass is 35.5. The van der Waals surface area contributed by atoms with Gasteiger partial charge in [-0.05, 0) is 56.2 Å². The second kappa shape index (κ2) is 10.00. The van der Waals surface area contributed by atoms with Gasteiger partial charge in [-0.15, -0.1) is 11.8 Å². The Kier molecular flexibility index (Phi) is 7.39. The molecule has 158 valence electrons. The highest BCUT2D eigenvalue weighted by Crippen LogP contribution is 2.30. The van der Waals surface area contributed by atoms with E-state index in [1.165, 1.54) is 11.8 Å². The second-order valence-electron chi connectivity index (χ2n) is 7.50. The van der Waals surface area contributed by atoms with E-state index in [1.807, 2.05) is 37.3 Å². The number of carbonyl (C=O) groups is 3. The number of benzene rings is 2. The van der Waals surface area contributed by atoms with Crippen LogP contribution in [0.25, 0.3) is 0 Å². The van der Waals surface area contributed by atoms with Crippen LogP contribution in [0, 0.1) is 5.41 Å². The largest absolute Gasteiger partial charge is 0.338 e. The van der Waals surface area contributed by atoms with Crippen molar-refractivity contribution in [2.24, 2.45) is 5.41 Å². The minimum absolute atomic E-state index is 0.0854. The summed E-state index contributed by atoms with van der Waals surface area (Å²) in [5, 5.41) is 0.636. The van der Waals surface area contributed by atoms with Gasteiger partial charge in [-0.3, -0.25) is 25.2 Å². The van der Waals surface area contributed by atoms with E-state index in [4.69, 9.17) is 11.6 Å². The Labute approximate surface area is 185 Å². The maximum Gasteiger partial charge on any atom is 0.253 e. The van der Waals surface area contributed by atoms with Crippen LogP contribution in [0.1, 0.15) is 30.1 Å². The Balaban J connectivity index is 1.50. The standard InChI is InChI=1S/C22H24ClN3O3S/c1-22(12-5-13-26(15-22)20(28)16-6-3-2-4-7-16)21(29)25-24-19(27)14-30-18-10-8-17(23)9-11-18/h2-4,6-11H,5,12-15H2,1H3,(H,24,27)(H,25,29). The first-order valence-electron chi connectivity index (χ1n) is 9.69. The Morgan fingerprint density at radius 1 is 1.07 bits per heavy atom. The van der Waals surface area contributed by atoms with Gasteiger partial charge in [0.2, 0.25) is 11.8 Å². The number of hydrazine groups is 1. The Bertz CT molecular complexity index is 908. The fourth-order valence-corrected chi connectivity index (χ4v) is 4.18. The molecule has 30 heavy (non-hydrogen) atoms. The normalized spacial score (nSPS) is 18.5. The number of carbonyl (C=O) groups excluding carboxylic acids is 3. The number of likely N-dealkylation sites (tertiary alicyclic amines) is 1. The molecule has 1 atom stereocenters. The molecule has 1 aliphatic rings. The van der Waals surface area contributed by atoms with Crippen molar-refractivity contribution < 1.29 is 14.4 Å². The van der Waals surface area contributed by atoms with Crippen LogP contribution in [0.15, 0.2) is 59.5 Å². The van der Waals surface area contributed by atoms with Crippen LogP contribution in [-0.2, 0) is 9.59 Å². The summed E-state index contributed by atoms with van der Waals surface area (Å²) in [5.41, 5.74) is 4.84. The Morgan fingerprint density at radius 3 is 2.47 bits per heavy atom.